The molecule has 0 N–H and O–H groups in total. The third-order valence-corrected chi connectivity index (χ3v) is 12.2. The molecule has 1 fully saturated rings. The van der Waals surface area contributed by atoms with Crippen LogP contribution in [0.2, 0.25) is 0 Å². The van der Waals surface area contributed by atoms with Crippen molar-refractivity contribution in [3.05, 3.63) is 0 Å². The van der Waals surface area contributed by atoms with Gasteiger partial charge >= 0.3 is 96.6 Å². The molecule has 1 aliphatic heterocycles. The Morgan fingerprint density at radius 2 is 1.27 bits per heavy atom. The molecule has 15 heavy (non-hydrogen) atoms. The average Bonchev–Trinajstić information content (AvgIpc) is 2.35. The normalized spacial score (nSPS) is 20.9. The first-order valence-corrected chi connectivity index (χ1v) is 9.30. The van der Waals surface area contributed by atoms with Gasteiger partial charge in [-0.2, -0.15) is 0 Å². The van der Waals surface area contributed by atoms with Gasteiger partial charge < -0.3 is 0 Å². The minimum atomic E-state index is -4.25. The number of rotatable bonds is 5. The third kappa shape index (κ3) is 1.93. The molecule has 0 unspecified atom stereocenters. The van der Waals surface area contributed by atoms with Crippen LogP contribution in [0.3, 0.4) is 0 Å². The molecule has 0 aliphatic carbocycles. The number of carbonyl (C=O) groups excluding carboxylic acids is 4. The maximum absolute atomic E-state index is 11.1. The summed E-state index contributed by atoms with van der Waals surface area (Å²) in [5, 5.41) is 1.25. The van der Waals surface area contributed by atoms with Crippen LogP contribution in [0.5, 0.6) is 0 Å². The van der Waals surface area contributed by atoms with E-state index in [-0.39, 0.29) is 0 Å². The molecule has 0 aromatic carbocycles. The van der Waals surface area contributed by atoms with E-state index in [1.807, 2.05) is 0 Å². The van der Waals surface area contributed by atoms with E-state index in [2.05, 4.69) is 0 Å². The van der Waals surface area contributed by atoms with Crippen LogP contribution in [0, 0.1) is 0 Å². The average molecular weight is 291 g/mol. The zero-order chi connectivity index (χ0) is 11.4. The van der Waals surface area contributed by atoms with E-state index in [1.165, 1.54) is 23.5 Å². The molecule has 0 radical (unpaired) electrons. The van der Waals surface area contributed by atoms with Crippen LogP contribution < -0.4 is 0 Å². The van der Waals surface area contributed by atoms with Gasteiger partial charge in [-0.1, -0.05) is 0 Å². The summed E-state index contributed by atoms with van der Waals surface area (Å²) in [6, 6.07) is 0. The van der Waals surface area contributed by atoms with Crippen molar-refractivity contribution in [1.29, 1.82) is 0 Å². The fourth-order valence-corrected chi connectivity index (χ4v) is 9.16. The Labute approximate surface area is 96.5 Å². The Hall–Kier alpha value is -0.101. The summed E-state index contributed by atoms with van der Waals surface area (Å²) in [6.45, 7) is 0. The summed E-state index contributed by atoms with van der Waals surface area (Å²) in [5.74, 6) is 1.56. The zero-order valence-corrected chi connectivity index (χ0v) is 10.5. The van der Waals surface area contributed by atoms with Crippen molar-refractivity contribution in [1.82, 2.24) is 0 Å². The molecule has 0 saturated carbocycles. The van der Waals surface area contributed by atoms with Crippen molar-refractivity contribution in [2.45, 2.75) is 9.90 Å². The summed E-state index contributed by atoms with van der Waals surface area (Å²) in [5.41, 5.74) is 0. The molecule has 4 nitrogen and oxygen atoms in total. The number of hydrogen-bond acceptors (Lipinski definition) is 6. The van der Waals surface area contributed by atoms with Gasteiger partial charge in [0.1, 0.15) is 0 Å². The SMILES string of the molecule is O=[CH][Fe]([CH]=O)([CH]=O)([CH]=O)[CH]1SCCCS1. The van der Waals surface area contributed by atoms with Crippen molar-refractivity contribution >= 4 is 44.3 Å². The molecule has 0 spiro atoms. The third-order valence-electron chi connectivity index (χ3n) is 1.93. The Bertz CT molecular complexity index is 258. The standard InChI is InChI=1S/C4H7S2.4CHO.Fe/c1-2-5-4-6-3-1;4*1-2;/h4H,1-3H2;4*1H;. The Balaban J connectivity index is 3.18. The molecule has 1 aliphatic rings. The van der Waals surface area contributed by atoms with Gasteiger partial charge in [0.25, 0.3) is 0 Å². The van der Waals surface area contributed by atoms with Gasteiger partial charge in [-0.25, -0.2) is 0 Å². The predicted molar refractivity (Wildman–Crippen MR) is 60.3 cm³/mol. The molecular weight excluding hydrogens is 280 g/mol. The van der Waals surface area contributed by atoms with E-state index >= 15 is 0 Å². The molecule has 87 valence electrons. The summed E-state index contributed by atoms with van der Waals surface area (Å²) in [7, 11) is 0. The number of hydrogen-bond donors (Lipinski definition) is 0. The van der Waals surface area contributed by atoms with Crippen molar-refractivity contribution in [3.63, 3.8) is 0 Å². The van der Waals surface area contributed by atoms with E-state index in [0.717, 1.165) is 17.9 Å². The molecule has 1 saturated heterocycles. The van der Waals surface area contributed by atoms with Gasteiger partial charge in [0.15, 0.2) is 0 Å². The van der Waals surface area contributed by atoms with Crippen LogP contribution in [-0.4, -0.2) is 35.7 Å². The number of carbonyl (C=O) groups is 4. The second-order valence-corrected chi connectivity index (χ2v) is 11.7. The van der Waals surface area contributed by atoms with E-state index in [1.54, 1.807) is 0 Å². The first-order chi connectivity index (χ1) is 7.17. The first-order valence-electron chi connectivity index (χ1n) is 4.01. The molecule has 1 heterocycles. The van der Waals surface area contributed by atoms with Gasteiger partial charge in [-0.05, 0) is 0 Å². The van der Waals surface area contributed by atoms with Crippen LogP contribution in [-0.2, 0) is 31.0 Å². The molecule has 0 aromatic heterocycles. The first kappa shape index (κ1) is 13.0. The number of thioether (sulfide) groups is 2. The molecule has 7 heteroatoms. The van der Waals surface area contributed by atoms with Crippen LogP contribution in [0.15, 0.2) is 0 Å². The van der Waals surface area contributed by atoms with Crippen LogP contribution in [0.4, 0.5) is 0 Å². The zero-order valence-electron chi connectivity index (χ0n) is 7.81. The van der Waals surface area contributed by atoms with Crippen LogP contribution in [0.1, 0.15) is 6.42 Å². The monoisotopic (exact) mass is 291 g/mol. The maximum atomic E-state index is 11.1. The van der Waals surface area contributed by atoms with Crippen LogP contribution >= 0.6 is 23.5 Å². The van der Waals surface area contributed by atoms with Gasteiger partial charge in [0.05, 0.1) is 0 Å². The minimum absolute atomic E-state index is 0.311. The van der Waals surface area contributed by atoms with E-state index in [0.29, 0.717) is 20.7 Å². The second-order valence-electron chi connectivity index (χ2n) is 2.87. The topological polar surface area (TPSA) is 68.3 Å². The quantitative estimate of drug-likeness (QED) is 0.545. The molecule has 0 bridgehead atoms. The van der Waals surface area contributed by atoms with Gasteiger partial charge in [0.2, 0.25) is 0 Å². The summed E-state index contributed by atoms with van der Waals surface area (Å²) in [6.07, 6.45) is 0.968. The summed E-state index contributed by atoms with van der Waals surface area (Å²) in [4.78, 5) is 44.3. The van der Waals surface area contributed by atoms with Crippen molar-refractivity contribution in [2.24, 2.45) is 0 Å². The fraction of sp³-hybridized carbons (Fsp3) is 0.500. The van der Waals surface area contributed by atoms with Gasteiger partial charge in [-0.15, -0.1) is 0 Å². The molecular formula is C8H11FeO4S2. The van der Waals surface area contributed by atoms with Crippen molar-refractivity contribution < 1.29 is 31.0 Å². The Morgan fingerprint density at radius 1 is 0.867 bits per heavy atom. The van der Waals surface area contributed by atoms with Gasteiger partial charge in [-0.3, -0.25) is 0 Å². The Morgan fingerprint density at radius 3 is 1.60 bits per heavy atom. The van der Waals surface area contributed by atoms with Crippen molar-refractivity contribution in [3.8, 4) is 0 Å². The summed E-state index contributed by atoms with van der Waals surface area (Å²) >= 11 is -1.51. The van der Waals surface area contributed by atoms with Gasteiger partial charge in [0, 0.05) is 0 Å². The fourth-order valence-electron chi connectivity index (χ4n) is 1.00. The predicted octanol–water partition coefficient (Wildman–Crippen LogP) is 0.590. The Kier molecular flexibility index (Phi) is 4.17. The van der Waals surface area contributed by atoms with E-state index < -0.39 is 15.3 Å². The molecule has 0 atom stereocenters. The van der Waals surface area contributed by atoms with E-state index in [9.17, 15) is 19.2 Å². The van der Waals surface area contributed by atoms with E-state index in [4.69, 9.17) is 0 Å². The van der Waals surface area contributed by atoms with Crippen LogP contribution in [0.25, 0.3) is 0 Å². The second kappa shape index (κ2) is 4.82. The van der Waals surface area contributed by atoms with Crippen molar-refractivity contribution in [2.75, 3.05) is 11.5 Å². The molecule has 0 amide bonds. The molecule has 0 aromatic rings. The summed E-state index contributed by atoms with van der Waals surface area (Å²) < 4.78 is -0.494. The molecule has 1 rings (SSSR count).